The van der Waals surface area contributed by atoms with Crippen LogP contribution in [-0.2, 0) is 4.74 Å². The maximum atomic E-state index is 11.8. The van der Waals surface area contributed by atoms with Gasteiger partial charge in [-0.05, 0) is 42.5 Å². The number of hydrogen-bond acceptors (Lipinski definition) is 3. The lowest BCUT2D eigenvalue weighted by Gasteiger charge is -2.11. The molecule has 1 saturated heterocycles. The molecule has 0 atom stereocenters. The molecule has 0 unspecified atom stereocenters. The van der Waals surface area contributed by atoms with E-state index in [1.165, 1.54) is 0 Å². The molecule has 0 radical (unpaired) electrons. The molecule has 6 nitrogen and oxygen atoms in total. The SMILES string of the molecule is O=C(NCC#Cc1ccc(N2CCOC2=O)cc1)Nc1ccc(Cl)c(Cl)c1. The largest absolute Gasteiger partial charge is 0.447 e. The topological polar surface area (TPSA) is 70.7 Å². The van der Waals surface area contributed by atoms with Crippen molar-refractivity contribution in [1.29, 1.82) is 0 Å². The van der Waals surface area contributed by atoms with Gasteiger partial charge in [0.05, 0.1) is 23.1 Å². The van der Waals surface area contributed by atoms with Crippen LogP contribution in [0.15, 0.2) is 42.5 Å². The van der Waals surface area contributed by atoms with Gasteiger partial charge in [-0.3, -0.25) is 4.90 Å². The fraction of sp³-hybridized carbons (Fsp3) is 0.158. The van der Waals surface area contributed by atoms with Crippen LogP contribution in [0.2, 0.25) is 10.0 Å². The monoisotopic (exact) mass is 403 g/mol. The van der Waals surface area contributed by atoms with Crippen molar-refractivity contribution in [3.63, 3.8) is 0 Å². The molecule has 0 saturated carbocycles. The van der Waals surface area contributed by atoms with Crippen molar-refractivity contribution in [2.45, 2.75) is 0 Å². The standard InChI is InChI=1S/C19H15Cl2N3O3/c20-16-8-5-14(12-17(16)21)23-18(25)22-9-1-2-13-3-6-15(7-4-13)24-10-11-27-19(24)26/h3-8,12H,9-11H2,(H2,22,23,25). The Morgan fingerprint density at radius 3 is 2.59 bits per heavy atom. The van der Waals surface area contributed by atoms with Crippen LogP contribution in [0.4, 0.5) is 21.0 Å². The summed E-state index contributed by atoms with van der Waals surface area (Å²) in [6.07, 6.45) is -0.342. The average Bonchev–Trinajstić information content (AvgIpc) is 3.08. The highest BCUT2D eigenvalue weighted by Crippen LogP contribution is 2.24. The number of nitrogens with one attached hydrogen (secondary N) is 2. The summed E-state index contributed by atoms with van der Waals surface area (Å²) < 4.78 is 4.91. The molecule has 1 aliphatic heterocycles. The number of cyclic esters (lactones) is 1. The molecule has 3 amide bonds. The minimum absolute atomic E-state index is 0.174. The molecule has 138 valence electrons. The van der Waals surface area contributed by atoms with E-state index in [-0.39, 0.29) is 12.6 Å². The second-order valence-corrected chi connectivity index (χ2v) is 6.37. The summed E-state index contributed by atoms with van der Waals surface area (Å²) in [6, 6.07) is 11.6. The molecule has 0 spiro atoms. The van der Waals surface area contributed by atoms with Crippen molar-refractivity contribution in [2.75, 3.05) is 29.9 Å². The number of anilines is 2. The van der Waals surface area contributed by atoms with Gasteiger partial charge >= 0.3 is 12.1 Å². The van der Waals surface area contributed by atoms with E-state index in [0.29, 0.717) is 28.9 Å². The van der Waals surface area contributed by atoms with Gasteiger partial charge in [-0.1, -0.05) is 35.0 Å². The maximum Gasteiger partial charge on any atom is 0.414 e. The summed E-state index contributed by atoms with van der Waals surface area (Å²) in [4.78, 5) is 24.9. The van der Waals surface area contributed by atoms with Gasteiger partial charge in [0.2, 0.25) is 0 Å². The van der Waals surface area contributed by atoms with Gasteiger partial charge in [-0.25, -0.2) is 9.59 Å². The van der Waals surface area contributed by atoms with Gasteiger partial charge < -0.3 is 15.4 Å². The van der Waals surface area contributed by atoms with E-state index in [2.05, 4.69) is 22.5 Å². The molecule has 2 aromatic rings. The Labute approximate surface area is 166 Å². The van der Waals surface area contributed by atoms with Crippen LogP contribution >= 0.6 is 23.2 Å². The number of amides is 3. The van der Waals surface area contributed by atoms with E-state index in [4.69, 9.17) is 27.9 Å². The first kappa shape index (κ1) is 18.9. The summed E-state index contributed by atoms with van der Waals surface area (Å²) in [6.45, 7) is 1.12. The van der Waals surface area contributed by atoms with Crippen molar-refractivity contribution >= 4 is 46.7 Å². The number of halogens is 2. The van der Waals surface area contributed by atoms with Crippen LogP contribution in [0, 0.1) is 11.8 Å². The summed E-state index contributed by atoms with van der Waals surface area (Å²) in [7, 11) is 0. The molecule has 0 aromatic heterocycles. The van der Waals surface area contributed by atoms with Gasteiger partial charge in [-0.15, -0.1) is 0 Å². The van der Waals surface area contributed by atoms with Crippen molar-refractivity contribution < 1.29 is 14.3 Å². The van der Waals surface area contributed by atoms with E-state index >= 15 is 0 Å². The Balaban J connectivity index is 1.49. The van der Waals surface area contributed by atoms with Gasteiger partial charge in [-0.2, -0.15) is 0 Å². The van der Waals surface area contributed by atoms with E-state index in [1.54, 1.807) is 35.2 Å². The summed E-state index contributed by atoms with van der Waals surface area (Å²) in [5.74, 6) is 5.81. The first-order valence-corrected chi connectivity index (χ1v) is 8.81. The van der Waals surface area contributed by atoms with Crippen molar-refractivity contribution in [2.24, 2.45) is 0 Å². The zero-order valence-corrected chi connectivity index (χ0v) is 15.6. The highest BCUT2D eigenvalue weighted by atomic mass is 35.5. The molecular weight excluding hydrogens is 389 g/mol. The summed E-state index contributed by atoms with van der Waals surface area (Å²) in [5.41, 5.74) is 2.08. The van der Waals surface area contributed by atoms with E-state index in [9.17, 15) is 9.59 Å². The minimum Gasteiger partial charge on any atom is -0.447 e. The van der Waals surface area contributed by atoms with Crippen LogP contribution in [-0.4, -0.2) is 31.8 Å². The lowest BCUT2D eigenvalue weighted by molar-refractivity contribution is 0.181. The minimum atomic E-state index is -0.398. The second-order valence-electron chi connectivity index (χ2n) is 5.55. The summed E-state index contributed by atoms with van der Waals surface area (Å²) >= 11 is 11.7. The Kier molecular flexibility index (Phi) is 6.07. The van der Waals surface area contributed by atoms with Gasteiger partial charge in [0.1, 0.15) is 6.61 Å². The number of nitrogens with zero attached hydrogens (tertiary/aromatic N) is 1. The van der Waals surface area contributed by atoms with Gasteiger partial charge in [0, 0.05) is 16.9 Å². The number of benzene rings is 2. The third kappa shape index (κ3) is 5.07. The van der Waals surface area contributed by atoms with Crippen LogP contribution in [0.25, 0.3) is 0 Å². The molecule has 0 bridgehead atoms. The molecule has 27 heavy (non-hydrogen) atoms. The first-order chi connectivity index (χ1) is 13.0. The second kappa shape index (κ2) is 8.67. The molecule has 1 heterocycles. The van der Waals surface area contributed by atoms with Crippen LogP contribution in [0.5, 0.6) is 0 Å². The van der Waals surface area contributed by atoms with E-state index in [0.717, 1.165) is 11.3 Å². The van der Waals surface area contributed by atoms with Crippen LogP contribution in [0.1, 0.15) is 5.56 Å². The third-order valence-electron chi connectivity index (χ3n) is 3.69. The molecular formula is C19H15Cl2N3O3. The van der Waals surface area contributed by atoms with Crippen LogP contribution in [0.3, 0.4) is 0 Å². The quantitative estimate of drug-likeness (QED) is 0.756. The Bertz CT molecular complexity index is 920. The molecule has 1 fully saturated rings. The molecule has 2 N–H and O–H groups in total. The fourth-order valence-electron chi connectivity index (χ4n) is 2.37. The van der Waals surface area contributed by atoms with Crippen molar-refractivity contribution in [3.05, 3.63) is 58.1 Å². The number of carbonyl (C=O) groups is 2. The van der Waals surface area contributed by atoms with Gasteiger partial charge in [0.15, 0.2) is 0 Å². The van der Waals surface area contributed by atoms with Gasteiger partial charge in [0.25, 0.3) is 0 Å². The first-order valence-electron chi connectivity index (χ1n) is 8.06. The van der Waals surface area contributed by atoms with Crippen molar-refractivity contribution in [3.8, 4) is 11.8 Å². The van der Waals surface area contributed by atoms with E-state index in [1.807, 2.05) is 12.1 Å². The maximum absolute atomic E-state index is 11.8. The normalized spacial score (nSPS) is 12.8. The smallest absolute Gasteiger partial charge is 0.414 e. The highest BCUT2D eigenvalue weighted by molar-refractivity contribution is 6.42. The molecule has 1 aliphatic rings. The Morgan fingerprint density at radius 1 is 1.15 bits per heavy atom. The average molecular weight is 404 g/mol. The molecule has 8 heteroatoms. The number of urea groups is 1. The zero-order chi connectivity index (χ0) is 19.2. The molecule has 2 aromatic carbocycles. The lowest BCUT2D eigenvalue weighted by atomic mass is 10.2. The fourth-order valence-corrected chi connectivity index (χ4v) is 2.67. The highest BCUT2D eigenvalue weighted by Gasteiger charge is 2.23. The van der Waals surface area contributed by atoms with E-state index < -0.39 is 6.03 Å². The predicted molar refractivity (Wildman–Crippen MR) is 105 cm³/mol. The predicted octanol–water partition coefficient (Wildman–Crippen LogP) is 4.12. The number of carbonyl (C=O) groups excluding carboxylic acids is 2. The lowest BCUT2D eigenvalue weighted by Crippen LogP contribution is -2.28. The summed E-state index contributed by atoms with van der Waals surface area (Å²) in [5, 5.41) is 6.05. The molecule has 0 aliphatic carbocycles. The zero-order valence-electron chi connectivity index (χ0n) is 14.1. The molecule has 3 rings (SSSR count). The van der Waals surface area contributed by atoms with Crippen molar-refractivity contribution in [1.82, 2.24) is 5.32 Å². The number of hydrogen-bond donors (Lipinski definition) is 2. The Hall–Kier alpha value is -2.88. The Morgan fingerprint density at radius 2 is 1.93 bits per heavy atom. The number of ether oxygens (including phenoxy) is 1. The number of rotatable bonds is 3. The third-order valence-corrected chi connectivity index (χ3v) is 4.43. The van der Waals surface area contributed by atoms with Crippen LogP contribution < -0.4 is 15.5 Å².